The summed E-state index contributed by atoms with van der Waals surface area (Å²) in [7, 11) is 0. The monoisotopic (exact) mass is 642 g/mol. The molecule has 0 spiro atoms. The number of hydrogen-bond acceptors (Lipinski definition) is 9. The standard InChI is InChI=1S/C34H39ClN8O3/c1-33(2)21-42(17-18-43(33)32(45)46)34(11-12-34)29(44)30-38-26-20-40(27-8-4-6-22-5-3-7-25(35)28(22)27)15-10-24(26)31(39-30)41-16-14-37-23(19-41)9-13-36/h3-8,23,37H,9-12,14-21H2,1-2H3,(H,45,46). The summed E-state index contributed by atoms with van der Waals surface area (Å²) in [6.45, 7) is 8.47. The molecule has 1 saturated carbocycles. The van der Waals surface area contributed by atoms with Gasteiger partial charge in [-0.1, -0.05) is 35.9 Å². The molecule has 11 nitrogen and oxygen atoms in total. The molecule has 3 fully saturated rings. The molecule has 4 aliphatic rings. The van der Waals surface area contributed by atoms with Crippen molar-refractivity contribution in [2.45, 2.75) is 63.2 Å². The van der Waals surface area contributed by atoms with Gasteiger partial charge in [0.05, 0.1) is 40.8 Å². The quantitative estimate of drug-likeness (QED) is 0.375. The predicted octanol–water partition coefficient (Wildman–Crippen LogP) is 4.33. The van der Waals surface area contributed by atoms with E-state index in [1.807, 2.05) is 32.0 Å². The number of carbonyl (C=O) groups excluding carboxylic acids is 1. The van der Waals surface area contributed by atoms with Gasteiger partial charge in [0.1, 0.15) is 5.82 Å². The van der Waals surface area contributed by atoms with Crippen molar-refractivity contribution >= 4 is 45.8 Å². The van der Waals surface area contributed by atoms with Crippen LogP contribution < -0.4 is 15.1 Å². The minimum atomic E-state index is -0.939. The van der Waals surface area contributed by atoms with E-state index in [0.717, 1.165) is 53.2 Å². The third-order valence-electron chi connectivity index (χ3n) is 10.2. The predicted molar refractivity (Wildman–Crippen MR) is 177 cm³/mol. The van der Waals surface area contributed by atoms with Crippen LogP contribution in [0.4, 0.5) is 16.3 Å². The van der Waals surface area contributed by atoms with Gasteiger partial charge in [-0.3, -0.25) is 9.69 Å². The molecule has 7 rings (SSSR count). The van der Waals surface area contributed by atoms with Crippen LogP contribution in [0.5, 0.6) is 0 Å². The van der Waals surface area contributed by atoms with Gasteiger partial charge >= 0.3 is 6.09 Å². The van der Waals surface area contributed by atoms with E-state index in [-0.39, 0.29) is 17.6 Å². The Labute approximate surface area is 273 Å². The van der Waals surface area contributed by atoms with Crippen LogP contribution in [0.2, 0.25) is 5.02 Å². The molecule has 0 bridgehead atoms. The van der Waals surface area contributed by atoms with Crippen molar-refractivity contribution in [2.24, 2.45) is 0 Å². The first-order valence-corrected chi connectivity index (χ1v) is 16.5. The number of nitrogens with one attached hydrogen (secondary N) is 1. The number of benzene rings is 2. The number of nitrogens with zero attached hydrogens (tertiary/aromatic N) is 7. The number of anilines is 2. The number of halogens is 1. The molecule has 4 heterocycles. The highest BCUT2D eigenvalue weighted by atomic mass is 35.5. The number of ketones is 1. The second-order valence-corrected chi connectivity index (χ2v) is 14.0. The van der Waals surface area contributed by atoms with Crippen molar-refractivity contribution < 1.29 is 14.7 Å². The Balaban J connectivity index is 1.26. The minimum absolute atomic E-state index is 0.0176. The fourth-order valence-corrected chi connectivity index (χ4v) is 7.95. The molecule has 2 aromatic carbocycles. The zero-order chi connectivity index (χ0) is 32.2. The number of piperazine rings is 2. The fourth-order valence-electron chi connectivity index (χ4n) is 7.67. The molecular weight excluding hydrogens is 604 g/mol. The van der Waals surface area contributed by atoms with E-state index < -0.39 is 17.2 Å². The van der Waals surface area contributed by atoms with Gasteiger partial charge in [-0.25, -0.2) is 14.8 Å². The summed E-state index contributed by atoms with van der Waals surface area (Å²) in [5.41, 5.74) is 1.58. The smallest absolute Gasteiger partial charge is 0.407 e. The van der Waals surface area contributed by atoms with E-state index in [2.05, 4.69) is 44.3 Å². The number of fused-ring (bicyclic) bond motifs is 2. The topological polar surface area (TPSA) is 129 Å². The van der Waals surface area contributed by atoms with Gasteiger partial charge in [-0.15, -0.1) is 0 Å². The zero-order valence-electron chi connectivity index (χ0n) is 26.3. The molecule has 2 N–H and O–H groups in total. The Morgan fingerprint density at radius 1 is 1.09 bits per heavy atom. The van der Waals surface area contributed by atoms with Crippen molar-refractivity contribution in [3.05, 3.63) is 58.5 Å². The lowest BCUT2D eigenvalue weighted by Gasteiger charge is -2.48. The minimum Gasteiger partial charge on any atom is -0.465 e. The number of Topliss-reactive ketones (excluding diaryl/α,β-unsaturated/α-hetero) is 1. The molecule has 3 aromatic rings. The molecule has 1 amide bonds. The van der Waals surface area contributed by atoms with E-state index in [9.17, 15) is 20.0 Å². The SMILES string of the molecule is CC1(C)CN(C2(C(=O)c3nc4c(c(N5CCNC(CC#N)C5)n3)CCN(c3cccc5cccc(Cl)c35)C4)CC2)CCN1C(=O)O. The normalized spacial score (nSPS) is 22.3. The Morgan fingerprint density at radius 2 is 1.87 bits per heavy atom. The number of carboxylic acid groups (broad SMARTS) is 1. The van der Waals surface area contributed by atoms with Crippen LogP contribution in [0.25, 0.3) is 10.8 Å². The van der Waals surface area contributed by atoms with Gasteiger partial charge in [0.25, 0.3) is 0 Å². The first kappa shape index (κ1) is 30.7. The summed E-state index contributed by atoms with van der Waals surface area (Å²) in [6.07, 6.45) is 1.56. The highest BCUT2D eigenvalue weighted by Crippen LogP contribution is 2.46. The van der Waals surface area contributed by atoms with Crippen molar-refractivity contribution in [1.82, 2.24) is 25.1 Å². The van der Waals surface area contributed by atoms with Crippen molar-refractivity contribution in [3.8, 4) is 6.07 Å². The Morgan fingerprint density at radius 3 is 2.59 bits per heavy atom. The van der Waals surface area contributed by atoms with E-state index in [4.69, 9.17) is 21.6 Å². The average molecular weight is 643 g/mol. The lowest BCUT2D eigenvalue weighted by molar-refractivity contribution is 0.00448. The van der Waals surface area contributed by atoms with Crippen LogP contribution in [0.3, 0.4) is 0 Å². The van der Waals surface area contributed by atoms with E-state index in [1.54, 1.807) is 0 Å². The molecule has 240 valence electrons. The molecule has 1 unspecified atom stereocenters. The van der Waals surface area contributed by atoms with E-state index in [0.29, 0.717) is 63.4 Å². The average Bonchev–Trinajstić information content (AvgIpc) is 3.85. The summed E-state index contributed by atoms with van der Waals surface area (Å²) in [4.78, 5) is 44.6. The van der Waals surface area contributed by atoms with Gasteiger partial charge in [0, 0.05) is 68.5 Å². The molecule has 2 saturated heterocycles. The number of rotatable bonds is 6. The van der Waals surface area contributed by atoms with Gasteiger partial charge in [0.15, 0.2) is 5.82 Å². The summed E-state index contributed by atoms with van der Waals surface area (Å²) in [5.74, 6) is 0.920. The van der Waals surface area contributed by atoms with Gasteiger partial charge in [0.2, 0.25) is 5.78 Å². The molecule has 0 radical (unpaired) electrons. The van der Waals surface area contributed by atoms with Crippen LogP contribution in [-0.4, -0.2) is 99.7 Å². The van der Waals surface area contributed by atoms with Crippen LogP contribution in [0, 0.1) is 11.3 Å². The first-order chi connectivity index (χ1) is 22.1. The fraction of sp³-hybridized carbons (Fsp3) is 0.500. The molecule has 46 heavy (non-hydrogen) atoms. The number of carbonyl (C=O) groups is 2. The van der Waals surface area contributed by atoms with Gasteiger partial charge in [-0.05, 0) is 50.6 Å². The maximum Gasteiger partial charge on any atom is 0.407 e. The van der Waals surface area contributed by atoms with Crippen LogP contribution in [0.1, 0.15) is 55.0 Å². The van der Waals surface area contributed by atoms with Crippen LogP contribution in [-0.2, 0) is 13.0 Å². The van der Waals surface area contributed by atoms with Crippen LogP contribution in [0.15, 0.2) is 36.4 Å². The molecule has 1 atom stereocenters. The third kappa shape index (κ3) is 5.32. The van der Waals surface area contributed by atoms with Crippen molar-refractivity contribution in [2.75, 3.05) is 55.6 Å². The highest BCUT2D eigenvalue weighted by Gasteiger charge is 2.58. The molecule has 1 aliphatic carbocycles. The molecule has 12 heteroatoms. The zero-order valence-corrected chi connectivity index (χ0v) is 27.1. The summed E-state index contributed by atoms with van der Waals surface area (Å²) >= 11 is 6.72. The molecular formula is C34H39ClN8O3. The lowest BCUT2D eigenvalue weighted by atomic mass is 9.95. The second kappa shape index (κ2) is 11.7. The third-order valence-corrected chi connectivity index (χ3v) is 10.5. The molecule has 3 aliphatic heterocycles. The number of hydrogen-bond donors (Lipinski definition) is 2. The summed E-state index contributed by atoms with van der Waals surface area (Å²) in [5, 5.41) is 25.3. The first-order valence-electron chi connectivity index (χ1n) is 16.1. The number of aromatic nitrogens is 2. The maximum absolute atomic E-state index is 14.5. The van der Waals surface area contributed by atoms with Crippen LogP contribution >= 0.6 is 11.6 Å². The molecule has 1 aromatic heterocycles. The summed E-state index contributed by atoms with van der Waals surface area (Å²) < 4.78 is 0. The Hall–Kier alpha value is -3.98. The maximum atomic E-state index is 14.5. The van der Waals surface area contributed by atoms with E-state index >= 15 is 0 Å². The van der Waals surface area contributed by atoms with Gasteiger partial charge < -0.3 is 25.1 Å². The summed E-state index contributed by atoms with van der Waals surface area (Å²) in [6, 6.07) is 14.4. The van der Waals surface area contributed by atoms with Gasteiger partial charge in [-0.2, -0.15) is 5.26 Å². The number of amides is 1. The lowest BCUT2D eigenvalue weighted by Crippen LogP contribution is -2.64. The highest BCUT2D eigenvalue weighted by molar-refractivity contribution is 6.36. The van der Waals surface area contributed by atoms with E-state index in [1.165, 1.54) is 4.90 Å². The Kier molecular flexibility index (Phi) is 7.78. The van der Waals surface area contributed by atoms with Crippen molar-refractivity contribution in [1.29, 1.82) is 5.26 Å². The number of nitriles is 1. The van der Waals surface area contributed by atoms with Crippen molar-refractivity contribution in [3.63, 3.8) is 0 Å². The second-order valence-electron chi connectivity index (χ2n) is 13.6. The Bertz CT molecular complexity index is 1750. The largest absolute Gasteiger partial charge is 0.465 e.